The summed E-state index contributed by atoms with van der Waals surface area (Å²) >= 11 is 2.30. The van der Waals surface area contributed by atoms with Gasteiger partial charge in [-0.3, -0.25) is 0 Å². The van der Waals surface area contributed by atoms with Gasteiger partial charge in [0.1, 0.15) is 17.2 Å². The summed E-state index contributed by atoms with van der Waals surface area (Å²) in [4.78, 5) is 0. The minimum atomic E-state index is -3.49. The smallest absolute Gasteiger partial charge is 0.231 e. The van der Waals surface area contributed by atoms with Gasteiger partial charge < -0.3 is 28.2 Å². The quantitative estimate of drug-likeness (QED) is 0.114. The molecule has 1 heterocycles. The molecule has 208 valence electrons. The van der Waals surface area contributed by atoms with Gasteiger partial charge in [-0.15, -0.1) is 0 Å². The zero-order valence-electron chi connectivity index (χ0n) is 23.5. The van der Waals surface area contributed by atoms with Crippen LogP contribution in [0.15, 0.2) is 60.7 Å². The van der Waals surface area contributed by atoms with Crippen molar-refractivity contribution in [1.82, 2.24) is 0 Å². The molecule has 5 rings (SSSR count). The largest absolute Gasteiger partial charge is 0.496 e. The van der Waals surface area contributed by atoms with Gasteiger partial charge in [0.15, 0.2) is 18.6 Å². The van der Waals surface area contributed by atoms with Crippen molar-refractivity contribution in [2.24, 2.45) is 0 Å². The number of hydrogen-bond donors (Lipinski definition) is 0. The van der Waals surface area contributed by atoms with Crippen LogP contribution in [0.1, 0.15) is 27.8 Å². The van der Waals surface area contributed by atoms with Crippen LogP contribution in [0.3, 0.4) is 0 Å². The summed E-state index contributed by atoms with van der Waals surface area (Å²) in [7, 11) is -0.181. The molecule has 4 aromatic carbocycles. The maximum absolute atomic E-state index is 16.0. The molecule has 0 saturated carbocycles. The number of rotatable bonds is 8. The fourth-order valence-electron chi connectivity index (χ4n) is 5.47. The fourth-order valence-corrected chi connectivity index (χ4v) is 9.74. The second-order valence-corrected chi connectivity index (χ2v) is 13.3. The van der Waals surface area contributed by atoms with Gasteiger partial charge in [-0.1, -0.05) is 40.8 Å². The molecule has 0 bridgehead atoms. The first-order chi connectivity index (χ1) is 19.2. The summed E-state index contributed by atoms with van der Waals surface area (Å²) in [6.45, 7) is 7.99. The highest BCUT2D eigenvalue weighted by Crippen LogP contribution is 2.53. The van der Waals surface area contributed by atoms with Gasteiger partial charge in [-0.2, -0.15) is 0 Å². The van der Waals surface area contributed by atoms with E-state index in [1.165, 1.54) is 0 Å². The first-order valence-electron chi connectivity index (χ1n) is 12.9. The summed E-state index contributed by atoms with van der Waals surface area (Å²) in [6.07, 6.45) is 0. The molecule has 0 aromatic heterocycles. The van der Waals surface area contributed by atoms with E-state index in [9.17, 15) is 0 Å². The van der Waals surface area contributed by atoms with Crippen molar-refractivity contribution in [2.45, 2.75) is 32.1 Å². The Morgan fingerprint density at radius 2 is 1.27 bits per heavy atom. The number of ether oxygens (including phenoxy) is 5. The third-order valence-electron chi connectivity index (χ3n) is 7.16. The van der Waals surface area contributed by atoms with E-state index in [0.717, 1.165) is 39.3 Å². The second-order valence-electron chi connectivity index (χ2n) is 9.82. The zero-order valence-corrected chi connectivity index (χ0v) is 26.5. The molecule has 0 N–H and O–H groups in total. The third kappa shape index (κ3) is 4.83. The number of hydrogen-bond acceptors (Lipinski definition) is 6. The molecule has 6 nitrogen and oxygen atoms in total. The van der Waals surface area contributed by atoms with Crippen molar-refractivity contribution >= 4 is 45.6 Å². The van der Waals surface area contributed by atoms with E-state index in [-0.39, 0.29) is 6.79 Å². The highest BCUT2D eigenvalue weighted by atomic mass is 127. The molecule has 4 aromatic rings. The van der Waals surface area contributed by atoms with Crippen LogP contribution in [0.4, 0.5) is 0 Å². The number of benzene rings is 4. The molecule has 1 aliphatic rings. The molecule has 0 aliphatic carbocycles. The van der Waals surface area contributed by atoms with Crippen molar-refractivity contribution in [3.05, 3.63) is 88.5 Å². The van der Waals surface area contributed by atoms with Crippen molar-refractivity contribution in [1.29, 1.82) is 0 Å². The van der Waals surface area contributed by atoms with Crippen LogP contribution >= 0.6 is 29.7 Å². The number of aryl methyl sites for hydroxylation is 4. The van der Waals surface area contributed by atoms with Crippen LogP contribution in [-0.2, 0) is 8.99 Å². The van der Waals surface area contributed by atoms with Gasteiger partial charge in [-0.05, 0) is 92.4 Å². The highest BCUT2D eigenvalue weighted by molar-refractivity contribution is 14.1. The Bertz CT molecular complexity index is 1520. The van der Waals surface area contributed by atoms with E-state index in [0.29, 0.717) is 43.3 Å². The van der Waals surface area contributed by atoms with Crippen LogP contribution in [0.25, 0.3) is 0 Å². The van der Waals surface area contributed by atoms with E-state index in [4.69, 9.17) is 23.7 Å². The average molecular weight is 670 g/mol. The molecular formula is C32H32IO6P. The number of alkyl halides is 1. The summed E-state index contributed by atoms with van der Waals surface area (Å²) in [5.74, 6) is 3.77. The molecule has 0 radical (unpaired) electrons. The van der Waals surface area contributed by atoms with Crippen LogP contribution < -0.4 is 39.6 Å². The van der Waals surface area contributed by atoms with E-state index in [1.54, 1.807) is 14.2 Å². The molecule has 1 aliphatic heterocycles. The average Bonchev–Trinajstić information content (AvgIpc) is 3.43. The number of halogens is 1. The second kappa shape index (κ2) is 11.4. The molecule has 0 amide bonds. The van der Waals surface area contributed by atoms with Crippen LogP contribution in [0.2, 0.25) is 0 Å². The SMILES string of the molecule is COc1c(C)cc(P(=O)(c2cc(C)c(OC)c(C)c2)c2cc(Oc3ccccc3)c3c(c2CI)OCO3)cc1C. The van der Waals surface area contributed by atoms with Crippen molar-refractivity contribution in [3.8, 4) is 34.5 Å². The Kier molecular flexibility index (Phi) is 8.07. The van der Waals surface area contributed by atoms with E-state index in [2.05, 4.69) is 22.6 Å². The number of methoxy groups -OCH3 is 2. The van der Waals surface area contributed by atoms with Gasteiger partial charge in [0.05, 0.1) is 14.2 Å². The van der Waals surface area contributed by atoms with Gasteiger partial charge >= 0.3 is 0 Å². The van der Waals surface area contributed by atoms with E-state index < -0.39 is 7.14 Å². The Balaban J connectivity index is 1.86. The lowest BCUT2D eigenvalue weighted by Crippen LogP contribution is -2.29. The monoisotopic (exact) mass is 670 g/mol. The van der Waals surface area contributed by atoms with E-state index in [1.807, 2.05) is 88.4 Å². The minimum Gasteiger partial charge on any atom is -0.496 e. The Morgan fingerprint density at radius 3 is 1.75 bits per heavy atom. The maximum Gasteiger partial charge on any atom is 0.231 e. The normalized spacial score (nSPS) is 12.4. The molecule has 8 heteroatoms. The minimum absolute atomic E-state index is 0.0688. The van der Waals surface area contributed by atoms with Gasteiger partial charge in [-0.25, -0.2) is 0 Å². The van der Waals surface area contributed by atoms with Gasteiger partial charge in [0.2, 0.25) is 12.5 Å². The van der Waals surface area contributed by atoms with Crippen LogP contribution in [0, 0.1) is 27.7 Å². The zero-order chi connectivity index (χ0) is 28.6. The lowest BCUT2D eigenvalue weighted by atomic mass is 10.1. The molecule has 40 heavy (non-hydrogen) atoms. The van der Waals surface area contributed by atoms with Gasteiger partial charge in [0.25, 0.3) is 0 Å². The third-order valence-corrected chi connectivity index (χ3v) is 11.0. The lowest BCUT2D eigenvalue weighted by molar-refractivity contribution is 0.171. The lowest BCUT2D eigenvalue weighted by Gasteiger charge is -2.26. The van der Waals surface area contributed by atoms with Gasteiger partial charge in [0, 0.05) is 25.9 Å². The Morgan fingerprint density at radius 1 is 0.775 bits per heavy atom. The Labute approximate surface area is 249 Å². The van der Waals surface area contributed by atoms with Crippen LogP contribution in [0.5, 0.6) is 34.5 Å². The predicted molar refractivity (Wildman–Crippen MR) is 168 cm³/mol. The molecule has 0 unspecified atom stereocenters. The summed E-state index contributed by atoms with van der Waals surface area (Å²) in [6, 6.07) is 19.3. The molecule has 0 spiro atoms. The van der Waals surface area contributed by atoms with E-state index >= 15 is 4.57 Å². The van der Waals surface area contributed by atoms with Crippen LogP contribution in [-0.4, -0.2) is 21.0 Å². The first kappa shape index (κ1) is 28.4. The molecular weight excluding hydrogens is 638 g/mol. The number of fused-ring (bicyclic) bond motifs is 1. The van der Waals surface area contributed by atoms with Crippen molar-refractivity contribution in [2.75, 3.05) is 21.0 Å². The standard InChI is InChI=1S/C32H32IO6P/c1-19-12-24(13-20(2)29(19)35-5)40(34,25-14-21(3)30(36-6)22(4)15-25)28-16-27(39-23-10-8-7-9-11-23)32-31(26(28)17-33)37-18-38-32/h7-16H,17-18H2,1-6H3. The predicted octanol–water partition coefficient (Wildman–Crippen LogP) is 7.03. The Hall–Kier alpha value is -3.16. The first-order valence-corrected chi connectivity index (χ1v) is 16.1. The molecule has 0 atom stereocenters. The molecule has 0 fully saturated rings. The molecule has 0 saturated heterocycles. The summed E-state index contributed by atoms with van der Waals surface area (Å²) in [5, 5.41) is 2.08. The maximum atomic E-state index is 16.0. The fraction of sp³-hybridized carbons (Fsp3) is 0.250. The van der Waals surface area contributed by atoms with Crippen molar-refractivity contribution < 1.29 is 28.2 Å². The van der Waals surface area contributed by atoms with Crippen molar-refractivity contribution in [3.63, 3.8) is 0 Å². The summed E-state index contributed by atoms with van der Waals surface area (Å²) in [5.41, 5.74) is 4.48. The topological polar surface area (TPSA) is 63.2 Å². The highest BCUT2D eigenvalue weighted by Gasteiger charge is 2.38. The number of para-hydroxylation sites is 1. The summed E-state index contributed by atoms with van der Waals surface area (Å²) < 4.78 is 46.1.